The molecule has 1 rings (SSSR count). The fourth-order valence-corrected chi connectivity index (χ4v) is 1.51. The van der Waals surface area contributed by atoms with Crippen LogP contribution in [-0.2, 0) is 4.79 Å². The SMILES string of the molecule is CCC(=O)NC1CCC(F)(F)CC1. The molecule has 1 aliphatic rings. The molecule has 0 heterocycles. The third-order valence-electron chi connectivity index (χ3n) is 2.40. The highest BCUT2D eigenvalue weighted by Crippen LogP contribution is 2.32. The maximum Gasteiger partial charge on any atom is 0.248 e. The first-order valence-electron chi connectivity index (χ1n) is 4.71. The number of carbonyl (C=O) groups excluding carboxylic acids is 1. The van der Waals surface area contributed by atoms with Crippen molar-refractivity contribution in [3.63, 3.8) is 0 Å². The smallest absolute Gasteiger partial charge is 0.248 e. The van der Waals surface area contributed by atoms with Crippen LogP contribution in [0.4, 0.5) is 8.78 Å². The van der Waals surface area contributed by atoms with Crippen LogP contribution in [0.25, 0.3) is 0 Å². The Morgan fingerprint density at radius 1 is 1.46 bits per heavy atom. The van der Waals surface area contributed by atoms with E-state index in [1.807, 2.05) is 0 Å². The average Bonchev–Trinajstić information content (AvgIpc) is 2.08. The van der Waals surface area contributed by atoms with E-state index in [0.29, 0.717) is 19.3 Å². The number of hydrogen-bond donors (Lipinski definition) is 1. The molecule has 0 aromatic carbocycles. The van der Waals surface area contributed by atoms with E-state index in [0.717, 1.165) is 0 Å². The van der Waals surface area contributed by atoms with Crippen LogP contribution >= 0.6 is 0 Å². The molecule has 0 radical (unpaired) electrons. The van der Waals surface area contributed by atoms with Gasteiger partial charge in [0.15, 0.2) is 0 Å². The molecule has 0 aliphatic heterocycles. The van der Waals surface area contributed by atoms with Gasteiger partial charge in [-0.1, -0.05) is 6.92 Å². The summed E-state index contributed by atoms with van der Waals surface area (Å²) in [5, 5.41) is 2.73. The predicted octanol–water partition coefficient (Wildman–Crippen LogP) is 2.09. The molecule has 0 spiro atoms. The first kappa shape index (κ1) is 10.4. The Kier molecular flexibility index (Phi) is 3.22. The number of rotatable bonds is 2. The van der Waals surface area contributed by atoms with Crippen molar-refractivity contribution in [3.8, 4) is 0 Å². The van der Waals surface area contributed by atoms with Crippen molar-refractivity contribution in [2.75, 3.05) is 0 Å². The van der Waals surface area contributed by atoms with E-state index >= 15 is 0 Å². The van der Waals surface area contributed by atoms with Gasteiger partial charge in [-0.3, -0.25) is 4.79 Å². The zero-order valence-electron chi connectivity index (χ0n) is 7.78. The summed E-state index contributed by atoms with van der Waals surface area (Å²) in [6, 6.07) is -0.0351. The summed E-state index contributed by atoms with van der Waals surface area (Å²) in [5.41, 5.74) is 0. The van der Waals surface area contributed by atoms with E-state index in [1.54, 1.807) is 6.92 Å². The van der Waals surface area contributed by atoms with Gasteiger partial charge >= 0.3 is 0 Å². The molecule has 1 aliphatic carbocycles. The lowest BCUT2D eigenvalue weighted by Crippen LogP contribution is -2.39. The van der Waals surface area contributed by atoms with Crippen molar-refractivity contribution in [3.05, 3.63) is 0 Å². The van der Waals surface area contributed by atoms with Gasteiger partial charge in [-0.25, -0.2) is 8.78 Å². The van der Waals surface area contributed by atoms with E-state index in [1.165, 1.54) is 0 Å². The molecule has 0 aromatic rings. The second-order valence-electron chi connectivity index (χ2n) is 3.55. The van der Waals surface area contributed by atoms with Gasteiger partial charge in [-0.2, -0.15) is 0 Å². The predicted molar refractivity (Wildman–Crippen MR) is 45.6 cm³/mol. The first-order chi connectivity index (χ1) is 6.03. The van der Waals surface area contributed by atoms with Crippen LogP contribution in [0.1, 0.15) is 39.0 Å². The van der Waals surface area contributed by atoms with Crippen LogP contribution in [0, 0.1) is 0 Å². The summed E-state index contributed by atoms with van der Waals surface area (Å²) in [5.74, 6) is -2.55. The van der Waals surface area contributed by atoms with Crippen molar-refractivity contribution in [2.24, 2.45) is 0 Å². The Bertz CT molecular complexity index is 184. The van der Waals surface area contributed by atoms with Crippen molar-refractivity contribution in [1.29, 1.82) is 0 Å². The normalized spacial score (nSPS) is 22.7. The first-order valence-corrected chi connectivity index (χ1v) is 4.71. The molecule has 1 fully saturated rings. The summed E-state index contributed by atoms with van der Waals surface area (Å²) >= 11 is 0. The van der Waals surface area contributed by atoms with Gasteiger partial charge in [0.25, 0.3) is 0 Å². The Morgan fingerprint density at radius 3 is 2.46 bits per heavy atom. The molecule has 0 unspecified atom stereocenters. The van der Waals surface area contributed by atoms with Crippen molar-refractivity contribution >= 4 is 5.91 Å². The van der Waals surface area contributed by atoms with E-state index < -0.39 is 5.92 Å². The minimum absolute atomic E-state index is 0.0351. The summed E-state index contributed by atoms with van der Waals surface area (Å²) in [6.45, 7) is 1.76. The number of hydrogen-bond acceptors (Lipinski definition) is 1. The Hall–Kier alpha value is -0.670. The number of halogens is 2. The molecule has 0 atom stereocenters. The van der Waals surface area contributed by atoms with Crippen LogP contribution in [0.2, 0.25) is 0 Å². The lowest BCUT2D eigenvalue weighted by atomic mass is 9.92. The van der Waals surface area contributed by atoms with Crippen molar-refractivity contribution < 1.29 is 13.6 Å². The van der Waals surface area contributed by atoms with Crippen LogP contribution in [0.5, 0.6) is 0 Å². The molecular formula is C9H15F2NO. The zero-order chi connectivity index (χ0) is 9.90. The van der Waals surface area contributed by atoms with Gasteiger partial charge in [0, 0.05) is 25.3 Å². The van der Waals surface area contributed by atoms with Crippen molar-refractivity contribution in [1.82, 2.24) is 5.32 Å². The highest BCUT2D eigenvalue weighted by atomic mass is 19.3. The van der Waals surface area contributed by atoms with E-state index in [9.17, 15) is 13.6 Å². The number of alkyl halides is 2. The van der Waals surface area contributed by atoms with Crippen LogP contribution in [0.15, 0.2) is 0 Å². The van der Waals surface area contributed by atoms with Gasteiger partial charge in [-0.05, 0) is 12.8 Å². The highest BCUT2D eigenvalue weighted by molar-refractivity contribution is 5.75. The average molecular weight is 191 g/mol. The van der Waals surface area contributed by atoms with Gasteiger partial charge in [0.05, 0.1) is 0 Å². The maximum absolute atomic E-state index is 12.7. The second kappa shape index (κ2) is 4.03. The van der Waals surface area contributed by atoms with E-state index in [-0.39, 0.29) is 24.8 Å². The summed E-state index contributed by atoms with van der Waals surface area (Å²) in [7, 11) is 0. The quantitative estimate of drug-likeness (QED) is 0.711. The third kappa shape index (κ3) is 3.28. The largest absolute Gasteiger partial charge is 0.353 e. The minimum atomic E-state index is -2.51. The van der Waals surface area contributed by atoms with Crippen LogP contribution < -0.4 is 5.32 Å². The highest BCUT2D eigenvalue weighted by Gasteiger charge is 2.35. The van der Waals surface area contributed by atoms with Crippen LogP contribution in [-0.4, -0.2) is 17.9 Å². The summed E-state index contributed by atoms with van der Waals surface area (Å²) in [4.78, 5) is 10.9. The third-order valence-corrected chi connectivity index (χ3v) is 2.40. The van der Waals surface area contributed by atoms with Gasteiger partial charge in [-0.15, -0.1) is 0 Å². The molecule has 0 bridgehead atoms. The van der Waals surface area contributed by atoms with E-state index in [4.69, 9.17) is 0 Å². The lowest BCUT2D eigenvalue weighted by Gasteiger charge is -2.28. The fourth-order valence-electron chi connectivity index (χ4n) is 1.51. The monoisotopic (exact) mass is 191 g/mol. The van der Waals surface area contributed by atoms with Crippen molar-refractivity contribution in [2.45, 2.75) is 51.0 Å². The molecule has 1 saturated carbocycles. The fraction of sp³-hybridized carbons (Fsp3) is 0.889. The molecule has 1 N–H and O–H groups in total. The standard InChI is InChI=1S/C9H15F2NO/c1-2-8(13)12-7-3-5-9(10,11)6-4-7/h7H,2-6H2,1H3,(H,12,13). The van der Waals surface area contributed by atoms with Gasteiger partial charge in [0.1, 0.15) is 0 Å². The molecule has 1 amide bonds. The Morgan fingerprint density at radius 2 is 2.00 bits per heavy atom. The topological polar surface area (TPSA) is 29.1 Å². The molecule has 0 saturated heterocycles. The molecule has 76 valence electrons. The summed E-state index contributed by atoms with van der Waals surface area (Å²) < 4.78 is 25.4. The molecule has 13 heavy (non-hydrogen) atoms. The molecule has 4 heteroatoms. The maximum atomic E-state index is 12.7. The minimum Gasteiger partial charge on any atom is -0.353 e. The molecule has 2 nitrogen and oxygen atoms in total. The van der Waals surface area contributed by atoms with Crippen LogP contribution in [0.3, 0.4) is 0 Å². The van der Waals surface area contributed by atoms with Gasteiger partial charge in [0.2, 0.25) is 11.8 Å². The number of amides is 1. The van der Waals surface area contributed by atoms with E-state index in [2.05, 4.69) is 5.32 Å². The zero-order valence-corrected chi connectivity index (χ0v) is 7.78. The summed E-state index contributed by atoms with van der Waals surface area (Å²) in [6.07, 6.45) is 1.04. The number of nitrogens with one attached hydrogen (secondary N) is 1. The Balaban J connectivity index is 2.29. The Labute approximate surface area is 76.7 Å². The lowest BCUT2D eigenvalue weighted by molar-refractivity contribution is -0.122. The second-order valence-corrected chi connectivity index (χ2v) is 3.55. The number of carbonyl (C=O) groups is 1. The molecular weight excluding hydrogens is 176 g/mol. The molecule has 0 aromatic heterocycles. The van der Waals surface area contributed by atoms with Gasteiger partial charge < -0.3 is 5.32 Å².